The third-order valence-electron chi connectivity index (χ3n) is 4.27. The van der Waals surface area contributed by atoms with Crippen molar-refractivity contribution in [3.8, 4) is 5.75 Å². The van der Waals surface area contributed by atoms with Gasteiger partial charge >= 0.3 is 0 Å². The molecule has 0 aliphatic carbocycles. The lowest BCUT2D eigenvalue weighted by Gasteiger charge is -2.37. The minimum atomic E-state index is -0.966. The van der Waals surface area contributed by atoms with Gasteiger partial charge in [0.25, 0.3) is 5.91 Å². The first kappa shape index (κ1) is 18.6. The molecule has 5 nitrogen and oxygen atoms in total. The van der Waals surface area contributed by atoms with E-state index in [0.717, 1.165) is 0 Å². The SMILES string of the molecule is CN(C)C(=O)C1CCN(C(=O)C(C)(C)Oc2ccc(Cl)cc2)CC1. The number of ether oxygens (including phenoxy) is 1. The molecular weight excluding hydrogens is 328 g/mol. The first-order valence-electron chi connectivity index (χ1n) is 8.16. The number of benzene rings is 1. The maximum atomic E-state index is 12.8. The van der Waals surface area contributed by atoms with Crippen molar-refractivity contribution in [2.45, 2.75) is 32.3 Å². The van der Waals surface area contributed by atoms with Crippen LogP contribution in [0.25, 0.3) is 0 Å². The third kappa shape index (κ3) is 4.41. The monoisotopic (exact) mass is 352 g/mol. The molecule has 0 radical (unpaired) electrons. The molecule has 1 fully saturated rings. The summed E-state index contributed by atoms with van der Waals surface area (Å²) >= 11 is 5.87. The Balaban J connectivity index is 1.95. The van der Waals surface area contributed by atoms with Gasteiger partial charge in [0.1, 0.15) is 5.75 Å². The van der Waals surface area contributed by atoms with Gasteiger partial charge in [-0.05, 0) is 51.0 Å². The molecule has 24 heavy (non-hydrogen) atoms. The van der Waals surface area contributed by atoms with E-state index >= 15 is 0 Å². The fourth-order valence-corrected chi connectivity index (χ4v) is 3.04. The van der Waals surface area contributed by atoms with Crippen LogP contribution in [0, 0.1) is 5.92 Å². The van der Waals surface area contributed by atoms with E-state index in [1.807, 2.05) is 0 Å². The van der Waals surface area contributed by atoms with E-state index in [1.54, 1.807) is 62.0 Å². The molecule has 0 aromatic heterocycles. The van der Waals surface area contributed by atoms with E-state index in [9.17, 15) is 9.59 Å². The number of rotatable bonds is 4. The summed E-state index contributed by atoms with van der Waals surface area (Å²) in [5.74, 6) is 0.687. The molecule has 1 aromatic rings. The number of likely N-dealkylation sites (tertiary alicyclic amines) is 1. The average Bonchev–Trinajstić information content (AvgIpc) is 2.55. The minimum Gasteiger partial charge on any atom is -0.478 e. The van der Waals surface area contributed by atoms with Gasteiger partial charge in [0.05, 0.1) is 0 Å². The number of piperidine rings is 1. The molecule has 1 aliphatic heterocycles. The van der Waals surface area contributed by atoms with E-state index in [4.69, 9.17) is 16.3 Å². The zero-order valence-corrected chi connectivity index (χ0v) is 15.5. The zero-order chi connectivity index (χ0) is 17.9. The Morgan fingerprint density at radius 1 is 1.17 bits per heavy atom. The quantitative estimate of drug-likeness (QED) is 0.837. The Hall–Kier alpha value is -1.75. The van der Waals surface area contributed by atoms with Crippen molar-refractivity contribution in [3.05, 3.63) is 29.3 Å². The van der Waals surface area contributed by atoms with Crippen LogP contribution in [0.1, 0.15) is 26.7 Å². The van der Waals surface area contributed by atoms with Gasteiger partial charge in [-0.1, -0.05) is 11.6 Å². The Morgan fingerprint density at radius 3 is 2.21 bits per heavy atom. The van der Waals surface area contributed by atoms with Gasteiger partial charge in [-0.2, -0.15) is 0 Å². The second kappa shape index (κ2) is 7.43. The molecule has 0 N–H and O–H groups in total. The van der Waals surface area contributed by atoms with Gasteiger partial charge in [-0.25, -0.2) is 0 Å². The number of amides is 2. The smallest absolute Gasteiger partial charge is 0.266 e. The van der Waals surface area contributed by atoms with Gasteiger partial charge in [0.15, 0.2) is 5.60 Å². The summed E-state index contributed by atoms with van der Waals surface area (Å²) in [5, 5.41) is 0.624. The number of nitrogens with zero attached hydrogens (tertiary/aromatic N) is 2. The minimum absolute atomic E-state index is 0.00402. The van der Waals surface area contributed by atoms with Crippen LogP contribution in [0.4, 0.5) is 0 Å². The summed E-state index contributed by atoms with van der Waals surface area (Å²) in [6.45, 7) is 4.69. The highest BCUT2D eigenvalue weighted by atomic mass is 35.5. The van der Waals surface area contributed by atoms with Crippen molar-refractivity contribution >= 4 is 23.4 Å². The second-order valence-corrected chi connectivity index (χ2v) is 7.30. The lowest BCUT2D eigenvalue weighted by Crippen LogP contribution is -2.52. The molecule has 2 amide bonds. The maximum absolute atomic E-state index is 12.8. The van der Waals surface area contributed by atoms with Gasteiger partial charge in [0, 0.05) is 38.1 Å². The molecule has 132 valence electrons. The second-order valence-electron chi connectivity index (χ2n) is 6.87. The van der Waals surface area contributed by atoms with Crippen molar-refractivity contribution < 1.29 is 14.3 Å². The van der Waals surface area contributed by atoms with E-state index in [-0.39, 0.29) is 17.7 Å². The topological polar surface area (TPSA) is 49.9 Å². The molecule has 1 aromatic carbocycles. The van der Waals surface area contributed by atoms with Crippen molar-refractivity contribution in [1.29, 1.82) is 0 Å². The van der Waals surface area contributed by atoms with Gasteiger partial charge in [-0.3, -0.25) is 9.59 Å². The molecule has 0 spiro atoms. The number of halogens is 1. The van der Waals surface area contributed by atoms with E-state index in [0.29, 0.717) is 36.7 Å². The average molecular weight is 353 g/mol. The van der Waals surface area contributed by atoms with Crippen molar-refractivity contribution in [3.63, 3.8) is 0 Å². The molecule has 0 bridgehead atoms. The van der Waals surface area contributed by atoms with Crippen molar-refractivity contribution in [1.82, 2.24) is 9.80 Å². The highest BCUT2D eigenvalue weighted by molar-refractivity contribution is 6.30. The molecule has 2 rings (SSSR count). The highest BCUT2D eigenvalue weighted by Gasteiger charge is 2.37. The maximum Gasteiger partial charge on any atom is 0.266 e. The summed E-state index contributed by atoms with van der Waals surface area (Å²) in [6, 6.07) is 6.96. The van der Waals surface area contributed by atoms with Crippen LogP contribution in [0.15, 0.2) is 24.3 Å². The third-order valence-corrected chi connectivity index (χ3v) is 4.53. The van der Waals surface area contributed by atoms with Crippen LogP contribution < -0.4 is 4.74 Å². The van der Waals surface area contributed by atoms with Gasteiger partial charge < -0.3 is 14.5 Å². The number of carbonyl (C=O) groups is 2. The summed E-state index contributed by atoms with van der Waals surface area (Å²) in [4.78, 5) is 28.2. The van der Waals surface area contributed by atoms with E-state index < -0.39 is 5.60 Å². The summed E-state index contributed by atoms with van der Waals surface area (Å²) in [5.41, 5.74) is -0.966. The zero-order valence-electron chi connectivity index (χ0n) is 14.7. The van der Waals surface area contributed by atoms with Crippen LogP contribution in [0.5, 0.6) is 5.75 Å². The standard InChI is InChI=1S/C18H25ClN2O3/c1-18(2,24-15-7-5-14(19)6-8-15)17(23)21-11-9-13(10-12-21)16(22)20(3)4/h5-8,13H,9-12H2,1-4H3. The number of hydrogen-bond donors (Lipinski definition) is 0. The normalized spacial score (nSPS) is 16.0. The highest BCUT2D eigenvalue weighted by Crippen LogP contribution is 2.25. The van der Waals surface area contributed by atoms with E-state index in [2.05, 4.69) is 0 Å². The molecule has 1 aliphatic rings. The lowest BCUT2D eigenvalue weighted by molar-refractivity contribution is -0.149. The summed E-state index contributed by atoms with van der Waals surface area (Å²) in [6.07, 6.45) is 1.39. The van der Waals surface area contributed by atoms with Crippen LogP contribution in [-0.2, 0) is 9.59 Å². The van der Waals surface area contributed by atoms with Crippen LogP contribution in [0.2, 0.25) is 5.02 Å². The molecule has 1 saturated heterocycles. The first-order chi connectivity index (χ1) is 11.2. The molecule has 0 atom stereocenters. The van der Waals surface area contributed by atoms with Gasteiger partial charge in [0.2, 0.25) is 5.91 Å². The predicted molar refractivity (Wildman–Crippen MR) is 94.2 cm³/mol. The van der Waals surface area contributed by atoms with E-state index in [1.165, 1.54) is 0 Å². The fourth-order valence-electron chi connectivity index (χ4n) is 2.92. The van der Waals surface area contributed by atoms with Crippen molar-refractivity contribution in [2.24, 2.45) is 5.92 Å². The Morgan fingerprint density at radius 2 is 1.71 bits per heavy atom. The van der Waals surface area contributed by atoms with Gasteiger partial charge in [-0.15, -0.1) is 0 Å². The molecule has 0 unspecified atom stereocenters. The van der Waals surface area contributed by atoms with Crippen molar-refractivity contribution in [2.75, 3.05) is 27.2 Å². The molecule has 0 saturated carbocycles. The first-order valence-corrected chi connectivity index (χ1v) is 8.53. The largest absolute Gasteiger partial charge is 0.478 e. The van der Waals surface area contributed by atoms with Crippen LogP contribution >= 0.6 is 11.6 Å². The lowest BCUT2D eigenvalue weighted by atomic mass is 9.94. The number of hydrogen-bond acceptors (Lipinski definition) is 3. The molecule has 1 heterocycles. The van der Waals surface area contributed by atoms with Crippen LogP contribution in [0.3, 0.4) is 0 Å². The Labute approximate surface area is 148 Å². The Kier molecular flexibility index (Phi) is 5.75. The molecule has 6 heteroatoms. The Bertz CT molecular complexity index is 591. The predicted octanol–water partition coefficient (Wildman–Crippen LogP) is 2.82. The number of carbonyl (C=O) groups excluding carboxylic acids is 2. The summed E-state index contributed by atoms with van der Waals surface area (Å²) < 4.78 is 5.86. The van der Waals surface area contributed by atoms with Crippen LogP contribution in [-0.4, -0.2) is 54.4 Å². The molecular formula is C18H25ClN2O3. The fraction of sp³-hybridized carbons (Fsp3) is 0.556. The summed E-state index contributed by atoms with van der Waals surface area (Å²) in [7, 11) is 3.53.